The summed E-state index contributed by atoms with van der Waals surface area (Å²) in [6.45, 7) is 0. The predicted molar refractivity (Wildman–Crippen MR) is 53.5 cm³/mol. The standard InChI is InChI=1S/C7H7BrN2OS/c8-6-3-1-2-5(4-6)7(11)10(9)12/h1-4,12H,9H2. The SMILES string of the molecule is NN(S)C(=O)c1cccc(Br)c1. The third kappa shape index (κ3) is 2.23. The van der Waals surface area contributed by atoms with Crippen molar-refractivity contribution < 1.29 is 4.79 Å². The quantitative estimate of drug-likeness (QED) is 0.343. The number of nitrogens with two attached hydrogens (primary N) is 1. The third-order valence-electron chi connectivity index (χ3n) is 1.28. The molecule has 0 atom stereocenters. The number of carbonyl (C=O) groups excluding carboxylic acids is 1. The van der Waals surface area contributed by atoms with Crippen LogP contribution < -0.4 is 5.84 Å². The summed E-state index contributed by atoms with van der Waals surface area (Å²) in [6, 6.07) is 6.94. The van der Waals surface area contributed by atoms with Crippen LogP contribution in [0.3, 0.4) is 0 Å². The fourth-order valence-electron chi connectivity index (χ4n) is 0.754. The van der Waals surface area contributed by atoms with Crippen molar-refractivity contribution in [2.45, 2.75) is 0 Å². The molecule has 0 saturated heterocycles. The Morgan fingerprint density at radius 2 is 2.25 bits per heavy atom. The van der Waals surface area contributed by atoms with Crippen LogP contribution >= 0.6 is 28.7 Å². The first-order valence-corrected chi connectivity index (χ1v) is 4.34. The van der Waals surface area contributed by atoms with Gasteiger partial charge in [0.25, 0.3) is 5.91 Å². The van der Waals surface area contributed by atoms with Crippen LogP contribution in [0.25, 0.3) is 0 Å². The predicted octanol–water partition coefficient (Wildman–Crippen LogP) is 1.61. The average Bonchev–Trinajstić information content (AvgIpc) is 2.03. The van der Waals surface area contributed by atoms with Gasteiger partial charge in [0.05, 0.1) is 0 Å². The molecule has 0 heterocycles. The average molecular weight is 247 g/mol. The van der Waals surface area contributed by atoms with E-state index in [-0.39, 0.29) is 5.91 Å². The molecule has 0 aliphatic rings. The van der Waals surface area contributed by atoms with Crippen molar-refractivity contribution in [1.29, 1.82) is 0 Å². The number of rotatable bonds is 1. The van der Waals surface area contributed by atoms with Crippen LogP contribution in [0.15, 0.2) is 28.7 Å². The lowest BCUT2D eigenvalue weighted by molar-refractivity contribution is 0.0874. The van der Waals surface area contributed by atoms with Gasteiger partial charge in [0.15, 0.2) is 0 Å². The van der Waals surface area contributed by atoms with Crippen LogP contribution in [-0.4, -0.2) is 10.3 Å². The van der Waals surface area contributed by atoms with E-state index in [1.54, 1.807) is 18.2 Å². The van der Waals surface area contributed by atoms with Crippen molar-refractivity contribution in [3.8, 4) is 0 Å². The first-order valence-electron chi connectivity index (χ1n) is 3.15. The Morgan fingerprint density at radius 3 is 2.75 bits per heavy atom. The molecule has 0 aromatic heterocycles. The summed E-state index contributed by atoms with van der Waals surface area (Å²) in [5, 5.41) is 0. The van der Waals surface area contributed by atoms with E-state index in [1.165, 1.54) is 0 Å². The second kappa shape index (κ2) is 3.93. The first kappa shape index (κ1) is 9.57. The lowest BCUT2D eigenvalue weighted by Gasteiger charge is -2.07. The molecule has 64 valence electrons. The Labute approximate surface area is 84.2 Å². The molecular weight excluding hydrogens is 240 g/mol. The number of hydrogen-bond donors (Lipinski definition) is 2. The summed E-state index contributed by atoms with van der Waals surface area (Å²) in [5.41, 5.74) is 0.502. The first-order chi connectivity index (χ1) is 5.61. The van der Waals surface area contributed by atoms with E-state index in [2.05, 4.69) is 28.7 Å². The Balaban J connectivity index is 2.96. The minimum atomic E-state index is -0.334. The highest BCUT2D eigenvalue weighted by Crippen LogP contribution is 2.12. The normalized spacial score (nSPS) is 9.58. The molecule has 0 bridgehead atoms. The van der Waals surface area contributed by atoms with Gasteiger partial charge in [-0.1, -0.05) is 22.0 Å². The maximum Gasteiger partial charge on any atom is 0.277 e. The van der Waals surface area contributed by atoms with Gasteiger partial charge >= 0.3 is 0 Å². The molecule has 3 nitrogen and oxygen atoms in total. The zero-order valence-electron chi connectivity index (χ0n) is 6.07. The number of amides is 1. The summed E-state index contributed by atoms with van der Waals surface area (Å²) in [6.07, 6.45) is 0. The molecule has 0 unspecified atom stereocenters. The van der Waals surface area contributed by atoms with E-state index in [0.29, 0.717) is 5.56 Å². The number of carbonyl (C=O) groups is 1. The molecule has 0 saturated carbocycles. The van der Waals surface area contributed by atoms with Crippen LogP contribution in [0.5, 0.6) is 0 Å². The number of nitrogens with zero attached hydrogens (tertiary/aromatic N) is 1. The molecule has 0 spiro atoms. The van der Waals surface area contributed by atoms with Crippen LogP contribution in [0.2, 0.25) is 0 Å². The lowest BCUT2D eigenvalue weighted by atomic mass is 10.2. The highest BCUT2D eigenvalue weighted by Gasteiger charge is 2.08. The molecule has 0 aliphatic carbocycles. The number of thiol groups is 1. The van der Waals surface area contributed by atoms with Crippen LogP contribution in [0, 0.1) is 0 Å². The Bertz CT molecular complexity index is 303. The number of hydrazine groups is 1. The molecule has 0 aliphatic heterocycles. The smallest absolute Gasteiger partial charge is 0.267 e. The van der Waals surface area contributed by atoms with Gasteiger partial charge in [-0.3, -0.25) is 4.79 Å². The van der Waals surface area contributed by atoms with Crippen molar-refractivity contribution in [1.82, 2.24) is 4.41 Å². The second-order valence-corrected chi connectivity index (χ2v) is 3.51. The largest absolute Gasteiger partial charge is 0.277 e. The minimum Gasteiger partial charge on any atom is -0.267 e. The molecule has 5 heteroatoms. The molecule has 0 radical (unpaired) electrons. The number of benzene rings is 1. The lowest BCUT2D eigenvalue weighted by Crippen LogP contribution is -2.27. The zero-order chi connectivity index (χ0) is 9.14. The monoisotopic (exact) mass is 246 g/mol. The Morgan fingerprint density at radius 1 is 1.58 bits per heavy atom. The topological polar surface area (TPSA) is 46.3 Å². The van der Waals surface area contributed by atoms with Gasteiger partial charge in [-0.2, -0.15) is 0 Å². The molecule has 1 aromatic carbocycles. The van der Waals surface area contributed by atoms with Gasteiger partial charge in [-0.05, 0) is 31.0 Å². The zero-order valence-corrected chi connectivity index (χ0v) is 8.55. The number of halogens is 1. The van der Waals surface area contributed by atoms with E-state index in [4.69, 9.17) is 5.84 Å². The second-order valence-electron chi connectivity index (χ2n) is 2.16. The number of hydrogen-bond acceptors (Lipinski definition) is 3. The highest BCUT2D eigenvalue weighted by molar-refractivity contribution is 9.10. The molecule has 1 amide bonds. The fourth-order valence-corrected chi connectivity index (χ4v) is 1.27. The van der Waals surface area contributed by atoms with E-state index < -0.39 is 0 Å². The van der Waals surface area contributed by atoms with Crippen molar-refractivity contribution in [2.24, 2.45) is 5.84 Å². The van der Waals surface area contributed by atoms with Gasteiger partial charge in [0.2, 0.25) is 0 Å². The summed E-state index contributed by atoms with van der Waals surface area (Å²) in [5.74, 6) is 4.82. The van der Waals surface area contributed by atoms with E-state index in [0.717, 1.165) is 8.89 Å². The Hall–Kier alpha value is -0.520. The highest BCUT2D eigenvalue weighted by atomic mass is 79.9. The van der Waals surface area contributed by atoms with Crippen molar-refractivity contribution >= 4 is 34.7 Å². The summed E-state index contributed by atoms with van der Waals surface area (Å²) < 4.78 is 1.59. The van der Waals surface area contributed by atoms with Crippen LogP contribution in [0.4, 0.5) is 0 Å². The molecule has 2 N–H and O–H groups in total. The molecule has 1 rings (SSSR count). The van der Waals surface area contributed by atoms with Gasteiger partial charge in [0.1, 0.15) is 0 Å². The summed E-state index contributed by atoms with van der Waals surface area (Å²) >= 11 is 6.93. The van der Waals surface area contributed by atoms with E-state index in [9.17, 15) is 4.79 Å². The fraction of sp³-hybridized carbons (Fsp3) is 0. The van der Waals surface area contributed by atoms with Gasteiger partial charge < -0.3 is 0 Å². The van der Waals surface area contributed by atoms with E-state index >= 15 is 0 Å². The minimum absolute atomic E-state index is 0.334. The van der Waals surface area contributed by atoms with Gasteiger partial charge in [-0.25, -0.2) is 10.3 Å². The van der Waals surface area contributed by atoms with Crippen molar-refractivity contribution in [3.05, 3.63) is 34.3 Å². The maximum atomic E-state index is 11.2. The van der Waals surface area contributed by atoms with Crippen LogP contribution in [0.1, 0.15) is 10.4 Å². The van der Waals surface area contributed by atoms with Crippen LogP contribution in [-0.2, 0) is 0 Å². The maximum absolute atomic E-state index is 11.2. The Kier molecular flexibility index (Phi) is 3.13. The molecule has 0 fully saturated rings. The van der Waals surface area contributed by atoms with Gasteiger partial charge in [0, 0.05) is 10.0 Å². The van der Waals surface area contributed by atoms with Crippen molar-refractivity contribution in [3.63, 3.8) is 0 Å². The van der Waals surface area contributed by atoms with Crippen molar-refractivity contribution in [2.75, 3.05) is 0 Å². The van der Waals surface area contributed by atoms with Gasteiger partial charge in [-0.15, -0.1) is 0 Å². The van der Waals surface area contributed by atoms with E-state index in [1.807, 2.05) is 6.07 Å². The molecular formula is C7H7BrN2OS. The summed E-state index contributed by atoms with van der Waals surface area (Å²) in [4.78, 5) is 11.2. The summed E-state index contributed by atoms with van der Waals surface area (Å²) in [7, 11) is 0. The third-order valence-corrected chi connectivity index (χ3v) is 1.95. The molecule has 12 heavy (non-hydrogen) atoms. The molecule has 1 aromatic rings.